The lowest BCUT2D eigenvalue weighted by atomic mass is 9.89. The van der Waals surface area contributed by atoms with Crippen LogP contribution in [0.15, 0.2) is 36.0 Å². The minimum Gasteiger partial charge on any atom is -0.0988 e. The summed E-state index contributed by atoms with van der Waals surface area (Å²) in [5, 5.41) is 0. The highest BCUT2D eigenvalue weighted by atomic mass is 14.1. The van der Waals surface area contributed by atoms with Crippen molar-refractivity contribution in [3.8, 4) is 0 Å². The molecule has 0 aromatic rings. The molecule has 0 aliphatic rings. The van der Waals surface area contributed by atoms with Crippen molar-refractivity contribution >= 4 is 0 Å². The Kier molecular flexibility index (Phi) is 20.5. The van der Waals surface area contributed by atoms with Gasteiger partial charge < -0.3 is 0 Å². The molecule has 0 N–H and O–H groups in total. The van der Waals surface area contributed by atoms with Gasteiger partial charge in [-0.15, -0.1) is 0 Å². The second-order valence-electron chi connectivity index (χ2n) is 6.12. The molecule has 0 bridgehead atoms. The number of rotatable bonds is 13. The van der Waals surface area contributed by atoms with Crippen LogP contribution in [0.4, 0.5) is 0 Å². The summed E-state index contributed by atoms with van der Waals surface area (Å²) in [7, 11) is 0. The second kappa shape index (κ2) is 19.3. The van der Waals surface area contributed by atoms with Gasteiger partial charge in [-0.2, -0.15) is 0 Å². The van der Waals surface area contributed by atoms with E-state index in [2.05, 4.69) is 52.5 Å². The molecule has 0 nitrogen and oxygen atoms in total. The highest BCUT2D eigenvalue weighted by molar-refractivity contribution is 5.30. The Labute approximate surface area is 148 Å². The maximum Gasteiger partial charge on any atom is -0.0168 e. The zero-order chi connectivity index (χ0) is 17.9. The minimum atomic E-state index is 0.722. The summed E-state index contributed by atoms with van der Waals surface area (Å²) in [6, 6.07) is 0. The van der Waals surface area contributed by atoms with Gasteiger partial charge in [-0.05, 0) is 49.7 Å². The van der Waals surface area contributed by atoms with Crippen LogP contribution in [0.3, 0.4) is 0 Å². The fourth-order valence-corrected chi connectivity index (χ4v) is 2.95. The summed E-state index contributed by atoms with van der Waals surface area (Å²) >= 11 is 0. The first-order valence-electron chi connectivity index (χ1n) is 10.2. The van der Waals surface area contributed by atoms with Crippen molar-refractivity contribution in [3.05, 3.63) is 36.0 Å². The van der Waals surface area contributed by atoms with Crippen molar-refractivity contribution in [1.82, 2.24) is 0 Å². The molecular formula is C23H44. The van der Waals surface area contributed by atoms with E-state index in [1.54, 1.807) is 0 Å². The lowest BCUT2D eigenvalue weighted by Gasteiger charge is -2.16. The summed E-state index contributed by atoms with van der Waals surface area (Å²) in [4.78, 5) is 0. The fraction of sp³-hybridized carbons (Fsp3) is 0.739. The molecule has 136 valence electrons. The first-order chi connectivity index (χ1) is 11.2. The summed E-state index contributed by atoms with van der Waals surface area (Å²) < 4.78 is 0. The van der Waals surface area contributed by atoms with Crippen molar-refractivity contribution < 1.29 is 0 Å². The Morgan fingerprint density at radius 2 is 1.52 bits per heavy atom. The summed E-state index contributed by atoms with van der Waals surface area (Å²) in [5.74, 6) is 0.722. The first kappa shape index (κ1) is 24.5. The first-order valence-corrected chi connectivity index (χ1v) is 10.2. The largest absolute Gasteiger partial charge is 0.0988 e. The molecule has 1 unspecified atom stereocenters. The van der Waals surface area contributed by atoms with E-state index in [1.807, 2.05) is 13.8 Å². The molecule has 0 rings (SSSR count). The Bertz CT molecular complexity index is 306. The fourth-order valence-electron chi connectivity index (χ4n) is 2.95. The van der Waals surface area contributed by atoms with Crippen LogP contribution in [0.25, 0.3) is 0 Å². The Morgan fingerprint density at radius 1 is 0.913 bits per heavy atom. The Morgan fingerprint density at radius 3 is 2.00 bits per heavy atom. The molecule has 0 saturated heterocycles. The van der Waals surface area contributed by atoms with Crippen molar-refractivity contribution in [2.24, 2.45) is 5.92 Å². The average molecular weight is 321 g/mol. The van der Waals surface area contributed by atoms with Crippen LogP contribution in [0.2, 0.25) is 0 Å². The van der Waals surface area contributed by atoms with E-state index in [0.717, 1.165) is 5.92 Å². The van der Waals surface area contributed by atoms with Crippen molar-refractivity contribution in [1.29, 1.82) is 0 Å². The smallest absolute Gasteiger partial charge is 0.0168 e. The van der Waals surface area contributed by atoms with Gasteiger partial charge >= 0.3 is 0 Å². The molecule has 0 aromatic heterocycles. The van der Waals surface area contributed by atoms with Crippen LogP contribution in [0.1, 0.15) is 106 Å². The average Bonchev–Trinajstić information content (AvgIpc) is 2.60. The van der Waals surface area contributed by atoms with Crippen LogP contribution in [-0.2, 0) is 0 Å². The molecule has 0 amide bonds. The molecule has 0 heterocycles. The van der Waals surface area contributed by atoms with Crippen molar-refractivity contribution in [2.75, 3.05) is 0 Å². The number of hydrogen-bond donors (Lipinski definition) is 0. The third-order valence-electron chi connectivity index (χ3n) is 4.37. The lowest BCUT2D eigenvalue weighted by molar-refractivity contribution is 0.542. The van der Waals surface area contributed by atoms with E-state index < -0.39 is 0 Å². The SMILES string of the molecule is C=C/C(=C\C(=C/C)C(CC)CCC)CCCCCCCC.CC. The van der Waals surface area contributed by atoms with Gasteiger partial charge in [-0.3, -0.25) is 0 Å². The third-order valence-corrected chi connectivity index (χ3v) is 4.37. The van der Waals surface area contributed by atoms with E-state index in [1.165, 1.54) is 75.4 Å². The molecule has 0 fully saturated rings. The normalized spacial score (nSPS) is 13.3. The monoisotopic (exact) mass is 320 g/mol. The summed E-state index contributed by atoms with van der Waals surface area (Å²) in [6.07, 6.45) is 20.0. The summed E-state index contributed by atoms with van der Waals surface area (Å²) in [6.45, 7) is 17.1. The molecule has 1 atom stereocenters. The summed E-state index contributed by atoms with van der Waals surface area (Å²) in [5.41, 5.74) is 2.94. The molecule has 0 spiro atoms. The van der Waals surface area contributed by atoms with Crippen LogP contribution in [-0.4, -0.2) is 0 Å². The van der Waals surface area contributed by atoms with Gasteiger partial charge in [0.15, 0.2) is 0 Å². The predicted octanol–water partition coefficient (Wildman–Crippen LogP) is 8.65. The third kappa shape index (κ3) is 13.4. The topological polar surface area (TPSA) is 0 Å². The van der Waals surface area contributed by atoms with Crippen LogP contribution in [0.5, 0.6) is 0 Å². The van der Waals surface area contributed by atoms with Gasteiger partial charge in [0.2, 0.25) is 0 Å². The van der Waals surface area contributed by atoms with E-state index >= 15 is 0 Å². The molecule has 0 aliphatic carbocycles. The minimum absolute atomic E-state index is 0.722. The molecule has 0 aromatic carbocycles. The second-order valence-corrected chi connectivity index (χ2v) is 6.12. The van der Waals surface area contributed by atoms with Gasteiger partial charge in [0, 0.05) is 0 Å². The molecule has 0 aliphatic heterocycles. The molecular weight excluding hydrogens is 276 g/mol. The lowest BCUT2D eigenvalue weighted by Crippen LogP contribution is -2.01. The van der Waals surface area contributed by atoms with E-state index in [-0.39, 0.29) is 0 Å². The van der Waals surface area contributed by atoms with E-state index in [0.29, 0.717) is 0 Å². The molecule has 0 saturated carbocycles. The van der Waals surface area contributed by atoms with Gasteiger partial charge in [0.1, 0.15) is 0 Å². The van der Waals surface area contributed by atoms with E-state index in [9.17, 15) is 0 Å². The van der Waals surface area contributed by atoms with Gasteiger partial charge in [-0.1, -0.05) is 98.0 Å². The maximum absolute atomic E-state index is 4.01. The number of allylic oxidation sites excluding steroid dienone is 5. The van der Waals surface area contributed by atoms with Crippen molar-refractivity contribution in [2.45, 2.75) is 106 Å². The Hall–Kier alpha value is -0.780. The molecule has 0 radical (unpaired) electrons. The quantitative estimate of drug-likeness (QED) is 0.235. The zero-order valence-corrected chi connectivity index (χ0v) is 17.1. The standard InChI is InChI=1S/C21H38.C2H6/c1-6-11-12-13-14-15-17-19(8-3)18-21(10-5)20(9-4)16-7-2;1-2/h8,10,18,20H,3,6-7,9,11-17H2,1-2,4-5H3;1-2H3/b19-18+,21-10+;. The van der Waals surface area contributed by atoms with Crippen LogP contribution in [0, 0.1) is 5.92 Å². The molecule has 0 heteroatoms. The van der Waals surface area contributed by atoms with Crippen LogP contribution < -0.4 is 0 Å². The predicted molar refractivity (Wildman–Crippen MR) is 110 cm³/mol. The number of hydrogen-bond acceptors (Lipinski definition) is 0. The van der Waals surface area contributed by atoms with Crippen molar-refractivity contribution in [3.63, 3.8) is 0 Å². The zero-order valence-electron chi connectivity index (χ0n) is 17.1. The number of unbranched alkanes of at least 4 members (excludes halogenated alkanes) is 5. The van der Waals surface area contributed by atoms with Gasteiger partial charge in [-0.25, -0.2) is 0 Å². The van der Waals surface area contributed by atoms with E-state index in [4.69, 9.17) is 0 Å². The highest BCUT2D eigenvalue weighted by Gasteiger charge is 2.09. The molecule has 23 heavy (non-hydrogen) atoms. The van der Waals surface area contributed by atoms with Crippen LogP contribution >= 0.6 is 0 Å². The highest BCUT2D eigenvalue weighted by Crippen LogP contribution is 2.24. The Balaban J connectivity index is 0. The van der Waals surface area contributed by atoms with Gasteiger partial charge in [0.25, 0.3) is 0 Å². The maximum atomic E-state index is 4.01. The van der Waals surface area contributed by atoms with Gasteiger partial charge in [0.05, 0.1) is 0 Å².